The third-order valence-corrected chi connectivity index (χ3v) is 4.79. The van der Waals surface area contributed by atoms with Crippen LogP contribution in [-0.2, 0) is 13.2 Å². The maximum atomic E-state index is 12.4. The van der Waals surface area contributed by atoms with Gasteiger partial charge in [-0.2, -0.15) is 0 Å². The van der Waals surface area contributed by atoms with E-state index >= 15 is 0 Å². The minimum Gasteiger partial charge on any atom is -0.487 e. The minimum absolute atomic E-state index is 0.00412. The Hall–Kier alpha value is -2.18. The molecule has 0 bridgehead atoms. The summed E-state index contributed by atoms with van der Waals surface area (Å²) in [5.74, 6) is 0.736. The van der Waals surface area contributed by atoms with E-state index in [0.29, 0.717) is 18.7 Å². The largest absolute Gasteiger partial charge is 0.487 e. The van der Waals surface area contributed by atoms with Gasteiger partial charge in [0.25, 0.3) is 5.91 Å². The highest BCUT2D eigenvalue weighted by atomic mass is 32.1. The molecule has 23 heavy (non-hydrogen) atoms. The topological polar surface area (TPSA) is 42.4 Å². The first-order valence-corrected chi connectivity index (χ1v) is 8.92. The summed E-state index contributed by atoms with van der Waals surface area (Å²) in [4.78, 5) is 19.5. The number of carbonyl (C=O) groups excluding carboxylic acids is 1. The first kappa shape index (κ1) is 15.7. The zero-order valence-electron chi connectivity index (χ0n) is 12.6. The molecule has 0 radical (unpaired) electrons. The van der Waals surface area contributed by atoms with Crippen LogP contribution in [0.5, 0.6) is 5.75 Å². The van der Waals surface area contributed by atoms with Gasteiger partial charge in [0.1, 0.15) is 12.4 Å². The summed E-state index contributed by atoms with van der Waals surface area (Å²) in [5, 5.41) is 3.97. The summed E-state index contributed by atoms with van der Waals surface area (Å²) in [7, 11) is 1.81. The molecule has 6 heteroatoms. The van der Waals surface area contributed by atoms with Gasteiger partial charge in [-0.1, -0.05) is 6.07 Å². The van der Waals surface area contributed by atoms with Crippen LogP contribution < -0.4 is 4.74 Å². The molecule has 0 aliphatic heterocycles. The average molecular weight is 344 g/mol. The Bertz CT molecular complexity index is 738. The quantitative estimate of drug-likeness (QED) is 0.677. The number of ether oxygens (including phenoxy) is 1. The molecular weight excluding hydrogens is 328 g/mol. The zero-order chi connectivity index (χ0) is 16.1. The van der Waals surface area contributed by atoms with Gasteiger partial charge in [-0.3, -0.25) is 4.79 Å². The van der Waals surface area contributed by atoms with Crippen molar-refractivity contribution in [3.05, 3.63) is 68.8 Å². The Labute approximate surface area is 143 Å². The van der Waals surface area contributed by atoms with Crippen molar-refractivity contribution in [1.82, 2.24) is 9.88 Å². The monoisotopic (exact) mass is 344 g/mol. The van der Waals surface area contributed by atoms with Crippen LogP contribution in [0, 0.1) is 0 Å². The standard InChI is InChI=1S/C17H16N2O2S2/c1-19(9-16-3-2-8-23-16)17(20)13-4-6-15(7-5-13)21-10-14-11-22-12-18-14/h2-8,11-12H,9-10H2,1H3. The summed E-state index contributed by atoms with van der Waals surface area (Å²) in [6, 6.07) is 11.3. The van der Waals surface area contributed by atoms with Gasteiger partial charge in [-0.15, -0.1) is 22.7 Å². The van der Waals surface area contributed by atoms with E-state index in [9.17, 15) is 4.79 Å². The van der Waals surface area contributed by atoms with Gasteiger partial charge in [0, 0.05) is 22.9 Å². The first-order valence-electron chi connectivity index (χ1n) is 7.10. The molecule has 0 fully saturated rings. The molecule has 1 amide bonds. The predicted octanol–water partition coefficient (Wildman–Crippen LogP) is 4.06. The Balaban J connectivity index is 1.58. The number of aromatic nitrogens is 1. The van der Waals surface area contributed by atoms with Crippen LogP contribution in [0.15, 0.2) is 52.7 Å². The third-order valence-electron chi connectivity index (χ3n) is 3.29. The second-order valence-electron chi connectivity index (χ2n) is 5.03. The summed E-state index contributed by atoms with van der Waals surface area (Å²) in [6.07, 6.45) is 0. The normalized spacial score (nSPS) is 10.5. The summed E-state index contributed by atoms with van der Waals surface area (Å²) in [5.41, 5.74) is 3.35. The molecule has 1 aromatic carbocycles. The highest BCUT2D eigenvalue weighted by Crippen LogP contribution is 2.17. The molecule has 3 rings (SSSR count). The molecule has 3 aromatic rings. The van der Waals surface area contributed by atoms with Crippen LogP contribution >= 0.6 is 22.7 Å². The Morgan fingerprint density at radius 1 is 1.26 bits per heavy atom. The van der Waals surface area contributed by atoms with Crippen molar-refractivity contribution < 1.29 is 9.53 Å². The number of carbonyl (C=O) groups is 1. The Kier molecular flexibility index (Phi) is 5.05. The predicted molar refractivity (Wildman–Crippen MR) is 93.0 cm³/mol. The number of hydrogen-bond acceptors (Lipinski definition) is 5. The van der Waals surface area contributed by atoms with Crippen molar-refractivity contribution in [2.75, 3.05) is 7.05 Å². The Morgan fingerprint density at radius 3 is 2.74 bits per heavy atom. The molecule has 0 atom stereocenters. The molecule has 0 saturated heterocycles. The van der Waals surface area contributed by atoms with Crippen LogP contribution in [0.1, 0.15) is 20.9 Å². The molecule has 0 N–H and O–H groups in total. The lowest BCUT2D eigenvalue weighted by molar-refractivity contribution is 0.0786. The number of thiazole rings is 1. The highest BCUT2D eigenvalue weighted by Gasteiger charge is 2.12. The molecule has 2 aromatic heterocycles. The maximum Gasteiger partial charge on any atom is 0.253 e. The molecule has 0 unspecified atom stereocenters. The first-order chi connectivity index (χ1) is 11.2. The van der Waals surface area contributed by atoms with Gasteiger partial charge < -0.3 is 9.64 Å². The SMILES string of the molecule is CN(Cc1cccs1)C(=O)c1ccc(OCc2cscn2)cc1. The van der Waals surface area contributed by atoms with E-state index in [0.717, 1.165) is 11.4 Å². The van der Waals surface area contributed by atoms with Crippen molar-refractivity contribution in [2.24, 2.45) is 0 Å². The van der Waals surface area contributed by atoms with Crippen LogP contribution in [0.25, 0.3) is 0 Å². The van der Waals surface area contributed by atoms with E-state index in [1.165, 1.54) is 4.88 Å². The average Bonchev–Trinajstić information content (AvgIpc) is 3.26. The van der Waals surface area contributed by atoms with Crippen LogP contribution in [0.4, 0.5) is 0 Å². The second kappa shape index (κ2) is 7.39. The minimum atomic E-state index is 0.00412. The van der Waals surface area contributed by atoms with E-state index in [1.807, 2.05) is 42.1 Å². The molecule has 118 valence electrons. The number of rotatable bonds is 6. The van der Waals surface area contributed by atoms with Gasteiger partial charge in [0.2, 0.25) is 0 Å². The number of hydrogen-bond donors (Lipinski definition) is 0. The number of thiophene rings is 1. The summed E-state index contributed by atoms with van der Waals surface area (Å²) in [6.45, 7) is 1.06. The summed E-state index contributed by atoms with van der Waals surface area (Å²) < 4.78 is 5.65. The lowest BCUT2D eigenvalue weighted by atomic mass is 10.2. The maximum absolute atomic E-state index is 12.4. The molecule has 0 spiro atoms. The van der Waals surface area contributed by atoms with E-state index in [1.54, 1.807) is 45.2 Å². The van der Waals surface area contributed by atoms with Crippen LogP contribution in [0.3, 0.4) is 0 Å². The molecule has 0 saturated carbocycles. The van der Waals surface area contributed by atoms with E-state index in [2.05, 4.69) is 4.98 Å². The van der Waals surface area contributed by atoms with Gasteiger partial charge in [-0.05, 0) is 35.7 Å². The van der Waals surface area contributed by atoms with Gasteiger partial charge >= 0.3 is 0 Å². The number of benzene rings is 1. The smallest absolute Gasteiger partial charge is 0.253 e. The lowest BCUT2D eigenvalue weighted by Crippen LogP contribution is -2.25. The van der Waals surface area contributed by atoms with Gasteiger partial charge in [0.05, 0.1) is 17.7 Å². The van der Waals surface area contributed by atoms with Crippen molar-refractivity contribution in [1.29, 1.82) is 0 Å². The van der Waals surface area contributed by atoms with Gasteiger partial charge in [-0.25, -0.2) is 4.98 Å². The molecular formula is C17H16N2O2S2. The van der Waals surface area contributed by atoms with Crippen molar-refractivity contribution in [2.45, 2.75) is 13.2 Å². The van der Waals surface area contributed by atoms with Gasteiger partial charge in [0.15, 0.2) is 0 Å². The van der Waals surface area contributed by atoms with Crippen molar-refractivity contribution in [3.8, 4) is 5.75 Å². The highest BCUT2D eigenvalue weighted by molar-refractivity contribution is 7.09. The zero-order valence-corrected chi connectivity index (χ0v) is 14.3. The third kappa shape index (κ3) is 4.18. The summed E-state index contributed by atoms with van der Waals surface area (Å²) >= 11 is 3.20. The molecule has 4 nitrogen and oxygen atoms in total. The Morgan fingerprint density at radius 2 is 2.09 bits per heavy atom. The molecule has 0 aliphatic carbocycles. The van der Waals surface area contributed by atoms with E-state index in [-0.39, 0.29) is 5.91 Å². The fourth-order valence-corrected chi connectivity index (χ4v) is 3.39. The molecule has 2 heterocycles. The van der Waals surface area contributed by atoms with Crippen LogP contribution in [-0.4, -0.2) is 22.8 Å². The van der Waals surface area contributed by atoms with E-state index < -0.39 is 0 Å². The fourth-order valence-electron chi connectivity index (χ4n) is 2.09. The number of amides is 1. The molecule has 0 aliphatic rings. The second-order valence-corrected chi connectivity index (χ2v) is 6.78. The van der Waals surface area contributed by atoms with E-state index in [4.69, 9.17) is 4.74 Å². The van der Waals surface area contributed by atoms with Crippen molar-refractivity contribution in [3.63, 3.8) is 0 Å². The lowest BCUT2D eigenvalue weighted by Gasteiger charge is -2.16. The fraction of sp³-hybridized carbons (Fsp3) is 0.176. The number of nitrogens with zero attached hydrogens (tertiary/aromatic N) is 2. The van der Waals surface area contributed by atoms with Crippen molar-refractivity contribution >= 4 is 28.6 Å². The van der Waals surface area contributed by atoms with Crippen LogP contribution in [0.2, 0.25) is 0 Å².